The Hall–Kier alpha value is -3.33. The number of para-hydroxylation sites is 1. The van der Waals surface area contributed by atoms with E-state index in [1.165, 1.54) is 6.21 Å². The summed E-state index contributed by atoms with van der Waals surface area (Å²) in [6.07, 6.45) is 4.79. The third-order valence-corrected chi connectivity index (χ3v) is 5.48. The van der Waals surface area contributed by atoms with E-state index in [-0.39, 0.29) is 6.54 Å². The van der Waals surface area contributed by atoms with E-state index in [0.717, 1.165) is 16.1 Å². The molecule has 0 aliphatic heterocycles. The molecule has 9 heteroatoms. The maximum Gasteiger partial charge on any atom is 0.260 e. The first-order valence-electron chi connectivity index (χ1n) is 10.2. The van der Waals surface area contributed by atoms with Crippen LogP contribution in [0, 0.1) is 0 Å². The van der Waals surface area contributed by atoms with Crippen molar-refractivity contribution in [2.75, 3.05) is 30.3 Å². The molecule has 0 fully saturated rings. The molecule has 2 aromatic rings. The molecule has 0 aromatic heterocycles. The Kier molecular flexibility index (Phi) is 9.27. The van der Waals surface area contributed by atoms with Gasteiger partial charge in [-0.2, -0.15) is 5.10 Å². The molecule has 172 valence electrons. The van der Waals surface area contributed by atoms with Crippen molar-refractivity contribution in [3.05, 3.63) is 66.2 Å². The van der Waals surface area contributed by atoms with Crippen molar-refractivity contribution < 1.29 is 22.7 Å². The summed E-state index contributed by atoms with van der Waals surface area (Å²) in [4.78, 5) is 12.4. The largest absolute Gasteiger partial charge is 0.490 e. The first kappa shape index (κ1) is 24.9. The third-order valence-electron chi connectivity index (χ3n) is 4.36. The van der Waals surface area contributed by atoms with Gasteiger partial charge in [0.2, 0.25) is 10.0 Å². The average Bonchev–Trinajstić information content (AvgIpc) is 2.76. The molecule has 0 unspecified atom stereocenters. The van der Waals surface area contributed by atoms with Gasteiger partial charge in [0.1, 0.15) is 13.2 Å². The number of carbonyl (C=O) groups excluding carboxylic acids is 1. The predicted molar refractivity (Wildman–Crippen MR) is 127 cm³/mol. The molecule has 0 spiro atoms. The molecule has 0 bridgehead atoms. The van der Waals surface area contributed by atoms with E-state index in [1.807, 2.05) is 26.0 Å². The average molecular weight is 460 g/mol. The van der Waals surface area contributed by atoms with E-state index in [9.17, 15) is 13.2 Å². The van der Waals surface area contributed by atoms with Gasteiger partial charge in [-0.15, -0.1) is 0 Å². The van der Waals surface area contributed by atoms with Crippen molar-refractivity contribution in [2.45, 2.75) is 20.3 Å². The quantitative estimate of drug-likeness (QED) is 0.299. The van der Waals surface area contributed by atoms with Crippen molar-refractivity contribution >= 4 is 27.8 Å². The van der Waals surface area contributed by atoms with Crippen molar-refractivity contribution in [1.29, 1.82) is 0 Å². The van der Waals surface area contributed by atoms with Gasteiger partial charge in [0.15, 0.2) is 11.5 Å². The summed E-state index contributed by atoms with van der Waals surface area (Å²) in [7, 11) is -3.66. The fourth-order valence-electron chi connectivity index (χ4n) is 2.92. The number of benzene rings is 2. The normalized spacial score (nSPS) is 11.2. The van der Waals surface area contributed by atoms with Gasteiger partial charge in [0.05, 0.1) is 24.8 Å². The molecule has 0 radical (unpaired) electrons. The number of rotatable bonds is 12. The molecule has 0 saturated heterocycles. The monoisotopic (exact) mass is 459 g/mol. The lowest BCUT2D eigenvalue weighted by molar-refractivity contribution is -0.119. The van der Waals surface area contributed by atoms with Crippen LogP contribution in [0.25, 0.3) is 0 Å². The topological polar surface area (TPSA) is 97.3 Å². The second-order valence-corrected chi connectivity index (χ2v) is 8.69. The number of aryl methyl sites for hydroxylation is 1. The molecule has 0 aliphatic carbocycles. The van der Waals surface area contributed by atoms with E-state index in [4.69, 9.17) is 9.47 Å². The van der Waals surface area contributed by atoms with Crippen molar-refractivity contribution in [2.24, 2.45) is 5.10 Å². The number of nitrogens with one attached hydrogen (secondary N) is 1. The van der Waals surface area contributed by atoms with Gasteiger partial charge in [-0.25, -0.2) is 13.8 Å². The van der Waals surface area contributed by atoms with Crippen LogP contribution in [0.5, 0.6) is 11.5 Å². The predicted octanol–water partition coefficient (Wildman–Crippen LogP) is 3.13. The Labute approximate surface area is 189 Å². The summed E-state index contributed by atoms with van der Waals surface area (Å²) >= 11 is 0. The molecule has 0 saturated carbocycles. The van der Waals surface area contributed by atoms with Crippen LogP contribution in [0.15, 0.2) is 60.2 Å². The van der Waals surface area contributed by atoms with Gasteiger partial charge < -0.3 is 9.47 Å². The summed E-state index contributed by atoms with van der Waals surface area (Å²) in [5.74, 6) is 0.559. The van der Waals surface area contributed by atoms with Gasteiger partial charge in [0.25, 0.3) is 5.91 Å². The molecule has 2 aromatic carbocycles. The molecular formula is C23H29N3O5S. The highest BCUT2D eigenvalue weighted by molar-refractivity contribution is 7.92. The Bertz CT molecular complexity index is 1070. The molecule has 8 nitrogen and oxygen atoms in total. The number of ether oxygens (including phenoxy) is 2. The highest BCUT2D eigenvalue weighted by Crippen LogP contribution is 2.28. The van der Waals surface area contributed by atoms with Crippen molar-refractivity contribution in [3.63, 3.8) is 0 Å². The highest BCUT2D eigenvalue weighted by Gasteiger charge is 2.22. The first-order chi connectivity index (χ1) is 15.3. The Morgan fingerprint density at radius 3 is 2.56 bits per heavy atom. The standard InChI is InChI=1S/C23H29N3O5S/c1-5-14-31-21-13-12-18(15-22(21)30-7-3)16-24-25-23(27)17-26(32(4,28)29)20-11-9-8-10-19(20)6-2/h5,8-13,15-16H,1,6-7,14,17H2,2-4H3,(H,25,27)/b24-16-. The number of hydrazone groups is 1. The minimum atomic E-state index is -3.66. The zero-order valence-corrected chi connectivity index (χ0v) is 19.4. The number of hydrogen-bond donors (Lipinski definition) is 1. The van der Waals surface area contributed by atoms with Crippen LogP contribution >= 0.6 is 0 Å². The fourth-order valence-corrected chi connectivity index (χ4v) is 3.81. The summed E-state index contributed by atoms with van der Waals surface area (Å²) in [6, 6.07) is 12.3. The Morgan fingerprint density at radius 2 is 1.91 bits per heavy atom. The lowest BCUT2D eigenvalue weighted by Gasteiger charge is -2.23. The lowest BCUT2D eigenvalue weighted by atomic mass is 10.1. The second-order valence-electron chi connectivity index (χ2n) is 6.78. The van der Waals surface area contributed by atoms with E-state index in [0.29, 0.717) is 42.4 Å². The van der Waals surface area contributed by atoms with Crippen LogP contribution in [0.3, 0.4) is 0 Å². The highest BCUT2D eigenvalue weighted by atomic mass is 32.2. The number of amides is 1. The van der Waals surface area contributed by atoms with E-state index < -0.39 is 15.9 Å². The second kappa shape index (κ2) is 11.9. The van der Waals surface area contributed by atoms with Crippen molar-refractivity contribution in [3.8, 4) is 11.5 Å². The number of nitrogens with zero attached hydrogens (tertiary/aromatic N) is 2. The van der Waals surface area contributed by atoms with Gasteiger partial charge in [-0.3, -0.25) is 9.10 Å². The van der Waals surface area contributed by atoms with Gasteiger partial charge in [-0.1, -0.05) is 37.8 Å². The van der Waals surface area contributed by atoms with Crippen LogP contribution in [0.4, 0.5) is 5.69 Å². The number of sulfonamides is 1. The molecule has 0 aliphatic rings. The van der Waals surface area contributed by atoms with Crippen LogP contribution < -0.4 is 19.2 Å². The summed E-state index contributed by atoms with van der Waals surface area (Å²) in [5, 5.41) is 3.95. The lowest BCUT2D eigenvalue weighted by Crippen LogP contribution is -2.39. The van der Waals surface area contributed by atoms with E-state index in [1.54, 1.807) is 36.4 Å². The van der Waals surface area contributed by atoms with Crippen LogP contribution in [0.1, 0.15) is 25.0 Å². The van der Waals surface area contributed by atoms with E-state index >= 15 is 0 Å². The fraction of sp³-hybridized carbons (Fsp3) is 0.304. The van der Waals surface area contributed by atoms with Gasteiger partial charge in [-0.05, 0) is 48.7 Å². The zero-order valence-electron chi connectivity index (χ0n) is 18.6. The third kappa shape index (κ3) is 7.12. The first-order valence-corrected chi connectivity index (χ1v) is 12.0. The molecule has 1 amide bonds. The summed E-state index contributed by atoms with van der Waals surface area (Å²) < 4.78 is 36.8. The molecule has 2 rings (SSSR count). The molecular weight excluding hydrogens is 430 g/mol. The van der Waals surface area contributed by atoms with Crippen LogP contribution in [0.2, 0.25) is 0 Å². The molecule has 1 N–H and O–H groups in total. The molecule has 0 atom stereocenters. The van der Waals surface area contributed by atoms with Crippen LogP contribution in [-0.2, 0) is 21.2 Å². The van der Waals surface area contributed by atoms with Crippen molar-refractivity contribution in [1.82, 2.24) is 5.43 Å². The maximum absolute atomic E-state index is 12.4. The zero-order chi connectivity index (χ0) is 23.6. The summed E-state index contributed by atoms with van der Waals surface area (Å²) in [5.41, 5.74) is 4.37. The summed E-state index contributed by atoms with van der Waals surface area (Å²) in [6.45, 7) is 7.84. The van der Waals surface area contributed by atoms with Gasteiger partial charge in [0, 0.05) is 0 Å². The van der Waals surface area contributed by atoms with E-state index in [2.05, 4.69) is 17.1 Å². The Balaban J connectivity index is 2.11. The smallest absolute Gasteiger partial charge is 0.260 e. The van der Waals surface area contributed by atoms with Crippen LogP contribution in [-0.4, -0.2) is 46.6 Å². The molecule has 32 heavy (non-hydrogen) atoms. The maximum atomic E-state index is 12.4. The Morgan fingerprint density at radius 1 is 1.16 bits per heavy atom. The SMILES string of the molecule is C=CCOc1ccc(/C=N\NC(=O)CN(c2ccccc2CC)S(C)(=O)=O)cc1OCC. The minimum absolute atomic E-state index is 0.349. The van der Waals surface area contributed by atoms with Gasteiger partial charge >= 0.3 is 0 Å². The number of hydrogen-bond acceptors (Lipinski definition) is 6. The number of carbonyl (C=O) groups is 1. The number of anilines is 1. The minimum Gasteiger partial charge on any atom is -0.490 e. The molecule has 0 heterocycles.